The number of rotatable bonds is 0. The van der Waals surface area contributed by atoms with E-state index in [1.165, 1.54) is 0 Å². The molecule has 0 rings (SSSR count). The first kappa shape index (κ1) is 670. The maximum Gasteiger partial charge on any atom is 0 e. The van der Waals surface area contributed by atoms with E-state index in [9.17, 15) is 0 Å². The Labute approximate surface area is 97.3 Å². The third-order valence-corrected chi connectivity index (χ3v) is 0. The molecule has 8 nitrogen and oxygen atoms in total. The van der Waals surface area contributed by atoms with Crippen LogP contribution in [0.4, 0.5) is 0 Å². The van der Waals surface area contributed by atoms with E-state index in [-0.39, 0.29) is 98.0 Å². The van der Waals surface area contributed by atoms with Crippen molar-refractivity contribution in [3.8, 4) is 0 Å². The minimum absolute atomic E-state index is 0. The van der Waals surface area contributed by atoms with Crippen LogP contribution in [-0.2, 0) is 0 Å². The van der Waals surface area contributed by atoms with Gasteiger partial charge in [-0.2, -0.15) is 0 Å². The van der Waals surface area contributed by atoms with Crippen molar-refractivity contribution in [2.45, 2.75) is 0 Å². The molecule has 0 amide bonds. The molecule has 16 N–H and O–H groups in total. The van der Waals surface area contributed by atoms with E-state index in [4.69, 9.17) is 0 Å². The van der Waals surface area contributed by atoms with Crippen molar-refractivity contribution in [3.63, 3.8) is 0 Å². The second kappa shape index (κ2) is 498. The summed E-state index contributed by atoms with van der Waals surface area (Å²) in [4.78, 5) is 0. The van der Waals surface area contributed by atoms with Crippen LogP contribution in [0.25, 0.3) is 0 Å². The van der Waals surface area contributed by atoms with E-state index >= 15 is 0 Å². The Balaban J connectivity index is 0. The van der Waals surface area contributed by atoms with Crippen LogP contribution in [0.1, 0.15) is 0 Å². The van der Waals surface area contributed by atoms with Crippen LogP contribution in [0.5, 0.6) is 0 Å². The van der Waals surface area contributed by atoms with Crippen LogP contribution >= 0.6 is 12.4 Å². The molecule has 0 aliphatic carbocycles. The van der Waals surface area contributed by atoms with Crippen LogP contribution in [0.15, 0.2) is 0 Å². The van der Waals surface area contributed by atoms with Crippen molar-refractivity contribution in [2.24, 2.45) is 0 Å². The summed E-state index contributed by atoms with van der Waals surface area (Å²) in [5.74, 6) is 0. The van der Waals surface area contributed by atoms with Gasteiger partial charge in [0.2, 0.25) is 0 Å². The van der Waals surface area contributed by atoms with Crippen LogP contribution in [0.3, 0.4) is 0 Å². The third-order valence-electron chi connectivity index (χ3n) is 0. The molecule has 76 valence electrons. The van der Waals surface area contributed by atoms with Crippen molar-refractivity contribution >= 4 is 12.4 Å². The molecule has 0 aliphatic rings. The average Bonchev–Trinajstić information content (AvgIpc) is 0. The van der Waals surface area contributed by atoms with Gasteiger partial charge >= 0.3 is 0 Å². The summed E-state index contributed by atoms with van der Waals surface area (Å²) in [5.41, 5.74) is 0. The second-order valence-electron chi connectivity index (χ2n) is 0. The zero-order chi connectivity index (χ0) is 0. The zero-order valence-corrected chi connectivity index (χ0v) is 8.86. The molecule has 0 aromatic heterocycles. The fraction of sp³-hybridized carbons (Fsp3) is 0. The first-order valence-corrected chi connectivity index (χ1v) is 0. The fourth-order valence-electron chi connectivity index (χ4n) is 0. The molecule has 0 aromatic rings. The summed E-state index contributed by atoms with van der Waals surface area (Å²) in [6.45, 7) is 0. The zero-order valence-electron chi connectivity index (χ0n) is 4.91. The molecule has 0 radical (unpaired) electrons. The first-order chi connectivity index (χ1) is 0. The van der Waals surface area contributed by atoms with E-state index in [1.54, 1.807) is 0 Å². The third kappa shape index (κ3) is 359. The second-order valence-corrected chi connectivity index (χ2v) is 0. The molecule has 0 aliphatic heterocycles. The van der Waals surface area contributed by atoms with Gasteiger partial charge < -0.3 is 43.8 Å². The largest absolute Gasteiger partial charge is 0.412 e. The van der Waals surface area contributed by atoms with E-state index in [2.05, 4.69) is 0 Å². The van der Waals surface area contributed by atoms with Crippen molar-refractivity contribution in [2.75, 3.05) is 0 Å². The molecule has 10 heavy (non-hydrogen) atoms. The molecule has 0 heterocycles. The predicted molar refractivity (Wildman–Crippen MR) is 36.2 cm³/mol. The van der Waals surface area contributed by atoms with Gasteiger partial charge in [-0.05, 0) is 0 Å². The molecular weight excluding hydrogens is 304 g/mol. The molecular formula is H17CeClO8. The molecule has 0 aromatic carbocycles. The number of hydrogen-bond acceptors (Lipinski definition) is 0. The summed E-state index contributed by atoms with van der Waals surface area (Å²) in [6.07, 6.45) is 0. The van der Waals surface area contributed by atoms with Crippen LogP contribution in [-0.4, -0.2) is 43.8 Å². The maximum absolute atomic E-state index is 0. The van der Waals surface area contributed by atoms with Crippen molar-refractivity contribution in [1.29, 1.82) is 0 Å². The minimum atomic E-state index is 0. The van der Waals surface area contributed by atoms with Gasteiger partial charge in [0.1, 0.15) is 0 Å². The number of halogens is 1. The van der Waals surface area contributed by atoms with Gasteiger partial charge in [-0.1, -0.05) is 0 Å². The summed E-state index contributed by atoms with van der Waals surface area (Å²) in [7, 11) is 0. The van der Waals surface area contributed by atoms with E-state index in [0.29, 0.717) is 0 Å². The predicted octanol–water partition coefficient (Wildman–Crippen LogP) is -6.18. The van der Waals surface area contributed by atoms with E-state index < -0.39 is 0 Å². The van der Waals surface area contributed by atoms with E-state index in [0.717, 1.165) is 0 Å². The van der Waals surface area contributed by atoms with Crippen molar-refractivity contribution < 1.29 is 85.6 Å². The van der Waals surface area contributed by atoms with Gasteiger partial charge in [-0.25, -0.2) is 0 Å². The molecule has 0 atom stereocenters. The average molecular weight is 321 g/mol. The Morgan fingerprint density at radius 1 is 0.300 bits per heavy atom. The quantitative estimate of drug-likeness (QED) is 0.403. The monoisotopic (exact) mass is 320 g/mol. The van der Waals surface area contributed by atoms with Gasteiger partial charge in [0.05, 0.1) is 0 Å². The Hall–Kier alpha value is 1.35. The maximum atomic E-state index is 0. The van der Waals surface area contributed by atoms with Crippen LogP contribution < -0.4 is 0 Å². The van der Waals surface area contributed by atoms with Crippen molar-refractivity contribution in [1.82, 2.24) is 0 Å². The Kier molecular flexibility index (Phi) is 33400. The topological polar surface area (TPSA) is 252 Å². The van der Waals surface area contributed by atoms with Crippen LogP contribution in [0.2, 0.25) is 0 Å². The summed E-state index contributed by atoms with van der Waals surface area (Å²) in [6, 6.07) is 0. The Morgan fingerprint density at radius 2 is 0.300 bits per heavy atom. The molecule has 10 heteroatoms. The van der Waals surface area contributed by atoms with Gasteiger partial charge in [0, 0.05) is 41.7 Å². The molecule has 0 unspecified atom stereocenters. The summed E-state index contributed by atoms with van der Waals surface area (Å²) < 4.78 is 0. The van der Waals surface area contributed by atoms with Gasteiger partial charge in [-0.3, -0.25) is 0 Å². The molecule has 0 fully saturated rings. The van der Waals surface area contributed by atoms with Gasteiger partial charge in [0.15, 0.2) is 0 Å². The molecule has 0 saturated carbocycles. The molecule has 0 saturated heterocycles. The summed E-state index contributed by atoms with van der Waals surface area (Å²) in [5, 5.41) is 0. The van der Waals surface area contributed by atoms with Crippen LogP contribution in [0, 0.1) is 41.7 Å². The minimum Gasteiger partial charge on any atom is -0.412 e. The SMILES string of the molecule is Cl.O.O.O.O.O.O.O.O.[Ce]. The molecule has 0 bridgehead atoms. The fourth-order valence-corrected chi connectivity index (χ4v) is 0. The molecule has 0 spiro atoms. The first-order valence-electron chi connectivity index (χ1n) is 0. The summed E-state index contributed by atoms with van der Waals surface area (Å²) >= 11 is 0. The normalized spacial score (nSPS) is 0. The van der Waals surface area contributed by atoms with Gasteiger partial charge in [-0.15, -0.1) is 12.4 Å². The smallest absolute Gasteiger partial charge is 0 e. The number of hydrogen-bond donors (Lipinski definition) is 0. The van der Waals surface area contributed by atoms with E-state index in [1.807, 2.05) is 0 Å². The van der Waals surface area contributed by atoms with Crippen molar-refractivity contribution in [3.05, 3.63) is 0 Å². The Bertz CT molecular complexity index is 9.22. The standard InChI is InChI=1S/Ce.ClH.8H2O/h;1H;8*1H2. The Morgan fingerprint density at radius 3 is 0.300 bits per heavy atom. The van der Waals surface area contributed by atoms with Gasteiger partial charge in [0.25, 0.3) is 0 Å².